The third-order valence-electron chi connectivity index (χ3n) is 6.25. The highest BCUT2D eigenvalue weighted by atomic mass is 19.1. The summed E-state index contributed by atoms with van der Waals surface area (Å²) in [7, 11) is 0. The quantitative estimate of drug-likeness (QED) is 0.524. The molecule has 3 aromatic rings. The van der Waals surface area contributed by atoms with Crippen molar-refractivity contribution in [2.45, 2.75) is 38.7 Å². The van der Waals surface area contributed by atoms with E-state index < -0.39 is 11.9 Å². The number of carbonyl (C=O) groups is 1. The van der Waals surface area contributed by atoms with Gasteiger partial charge in [-0.15, -0.1) is 0 Å². The van der Waals surface area contributed by atoms with Crippen LogP contribution in [0, 0.1) is 11.7 Å². The van der Waals surface area contributed by atoms with E-state index in [1.807, 2.05) is 49.4 Å². The average Bonchev–Trinajstić information content (AvgIpc) is 2.79. The van der Waals surface area contributed by atoms with Gasteiger partial charge in [-0.1, -0.05) is 50.2 Å². The SMILES string of the molecule is CC(C(=O)O)C(C)c1ccc2c(c1)OC(c1ccc(-c3cc(O)ccc3F)cc1)CC2. The van der Waals surface area contributed by atoms with Crippen molar-refractivity contribution in [1.82, 2.24) is 0 Å². The fourth-order valence-corrected chi connectivity index (χ4v) is 4.02. The molecular formula is C26H25FO4. The van der Waals surface area contributed by atoms with E-state index in [1.165, 1.54) is 18.2 Å². The van der Waals surface area contributed by atoms with E-state index in [2.05, 4.69) is 0 Å². The van der Waals surface area contributed by atoms with Crippen molar-refractivity contribution in [3.63, 3.8) is 0 Å². The van der Waals surface area contributed by atoms with Crippen molar-refractivity contribution in [2.75, 3.05) is 0 Å². The molecular weight excluding hydrogens is 395 g/mol. The molecule has 0 amide bonds. The number of hydrogen-bond donors (Lipinski definition) is 2. The molecule has 0 saturated heterocycles. The summed E-state index contributed by atoms with van der Waals surface area (Å²) >= 11 is 0. The van der Waals surface area contributed by atoms with Crippen LogP contribution in [0.15, 0.2) is 60.7 Å². The zero-order chi connectivity index (χ0) is 22.1. The van der Waals surface area contributed by atoms with E-state index in [0.29, 0.717) is 11.1 Å². The van der Waals surface area contributed by atoms with Gasteiger partial charge in [0.05, 0.1) is 5.92 Å². The number of ether oxygens (including phenoxy) is 1. The number of rotatable bonds is 5. The summed E-state index contributed by atoms with van der Waals surface area (Å²) in [5, 5.41) is 19.0. The summed E-state index contributed by atoms with van der Waals surface area (Å²) < 4.78 is 20.4. The number of fused-ring (bicyclic) bond motifs is 1. The van der Waals surface area contributed by atoms with Gasteiger partial charge in [0.15, 0.2) is 0 Å². The van der Waals surface area contributed by atoms with Gasteiger partial charge in [0.2, 0.25) is 0 Å². The molecule has 0 bridgehead atoms. The lowest BCUT2D eigenvalue weighted by atomic mass is 9.87. The largest absolute Gasteiger partial charge is 0.508 e. The first-order valence-electron chi connectivity index (χ1n) is 10.4. The molecule has 3 unspecified atom stereocenters. The molecule has 0 radical (unpaired) electrons. The zero-order valence-electron chi connectivity index (χ0n) is 17.5. The highest BCUT2D eigenvalue weighted by Crippen LogP contribution is 2.38. The number of aliphatic carboxylic acids is 1. The molecule has 0 aliphatic carbocycles. The molecule has 1 aliphatic heterocycles. The average molecular weight is 420 g/mol. The number of carboxylic acids is 1. The van der Waals surface area contributed by atoms with Gasteiger partial charge in [0.1, 0.15) is 23.4 Å². The van der Waals surface area contributed by atoms with E-state index in [0.717, 1.165) is 35.3 Å². The maximum Gasteiger partial charge on any atom is 0.306 e. The second-order valence-corrected chi connectivity index (χ2v) is 8.21. The monoisotopic (exact) mass is 420 g/mol. The molecule has 3 atom stereocenters. The van der Waals surface area contributed by atoms with Gasteiger partial charge >= 0.3 is 5.97 Å². The van der Waals surface area contributed by atoms with E-state index >= 15 is 0 Å². The predicted molar refractivity (Wildman–Crippen MR) is 117 cm³/mol. The highest BCUT2D eigenvalue weighted by molar-refractivity contribution is 5.71. The maximum atomic E-state index is 14.1. The van der Waals surface area contributed by atoms with Crippen molar-refractivity contribution < 1.29 is 24.1 Å². The first-order valence-corrected chi connectivity index (χ1v) is 10.4. The first-order chi connectivity index (χ1) is 14.8. The standard InChI is InChI=1S/C26H25FO4/c1-15(16(2)26(29)30)20-8-7-19-9-12-24(31-25(19)13-20)18-5-3-17(4-6-18)22-14-21(28)10-11-23(22)27/h3-8,10-11,13-16,24,28H,9,12H2,1-2H3,(H,29,30). The van der Waals surface area contributed by atoms with Gasteiger partial charge in [0.25, 0.3) is 0 Å². The molecule has 0 fully saturated rings. The van der Waals surface area contributed by atoms with Gasteiger partial charge in [-0.3, -0.25) is 4.79 Å². The Kier molecular flexibility index (Phi) is 5.68. The van der Waals surface area contributed by atoms with Crippen LogP contribution < -0.4 is 4.74 Å². The van der Waals surface area contributed by atoms with E-state index in [4.69, 9.17) is 4.74 Å². The van der Waals surface area contributed by atoms with Crippen LogP contribution in [-0.2, 0) is 11.2 Å². The molecule has 0 aromatic heterocycles. The molecule has 31 heavy (non-hydrogen) atoms. The highest BCUT2D eigenvalue weighted by Gasteiger charge is 2.25. The Morgan fingerprint density at radius 3 is 2.52 bits per heavy atom. The van der Waals surface area contributed by atoms with Crippen molar-refractivity contribution in [1.29, 1.82) is 0 Å². The fraction of sp³-hybridized carbons (Fsp3) is 0.269. The number of benzene rings is 3. The molecule has 1 aliphatic rings. The first kappa shape index (κ1) is 20.9. The van der Waals surface area contributed by atoms with Gasteiger partial charge in [-0.25, -0.2) is 4.39 Å². The van der Waals surface area contributed by atoms with Crippen LogP contribution in [0.5, 0.6) is 11.5 Å². The van der Waals surface area contributed by atoms with Crippen LogP contribution in [0.2, 0.25) is 0 Å². The number of aromatic hydroxyl groups is 1. The predicted octanol–water partition coefficient (Wildman–Crippen LogP) is 6.09. The molecule has 5 heteroatoms. The number of halogens is 1. The van der Waals surface area contributed by atoms with Crippen LogP contribution in [0.3, 0.4) is 0 Å². The Labute approximate surface area is 180 Å². The second-order valence-electron chi connectivity index (χ2n) is 8.21. The fourth-order valence-electron chi connectivity index (χ4n) is 4.02. The van der Waals surface area contributed by atoms with E-state index in [9.17, 15) is 19.4 Å². The smallest absolute Gasteiger partial charge is 0.306 e. The molecule has 3 aromatic carbocycles. The molecule has 0 spiro atoms. The Bertz CT molecular complexity index is 1110. The van der Waals surface area contributed by atoms with Crippen molar-refractivity contribution in [3.05, 3.63) is 83.2 Å². The summed E-state index contributed by atoms with van der Waals surface area (Å²) in [6.45, 7) is 3.63. The lowest BCUT2D eigenvalue weighted by molar-refractivity contribution is -0.141. The topological polar surface area (TPSA) is 66.8 Å². The Hall–Kier alpha value is -3.34. The van der Waals surface area contributed by atoms with E-state index in [-0.39, 0.29) is 23.6 Å². The minimum atomic E-state index is -0.813. The van der Waals surface area contributed by atoms with Crippen molar-refractivity contribution >= 4 is 5.97 Å². The third kappa shape index (κ3) is 4.26. The Balaban J connectivity index is 1.55. The van der Waals surface area contributed by atoms with Gasteiger partial charge in [-0.2, -0.15) is 0 Å². The van der Waals surface area contributed by atoms with Crippen LogP contribution in [0.1, 0.15) is 49.0 Å². The van der Waals surface area contributed by atoms with Crippen LogP contribution in [-0.4, -0.2) is 16.2 Å². The number of hydrogen-bond acceptors (Lipinski definition) is 3. The maximum absolute atomic E-state index is 14.1. The van der Waals surface area contributed by atoms with Gasteiger partial charge in [0, 0.05) is 5.56 Å². The Morgan fingerprint density at radius 2 is 1.81 bits per heavy atom. The minimum absolute atomic E-state index is 0.0231. The normalized spacial score (nSPS) is 17.3. The van der Waals surface area contributed by atoms with Crippen molar-refractivity contribution in [2.24, 2.45) is 5.92 Å². The van der Waals surface area contributed by atoms with Gasteiger partial charge < -0.3 is 14.9 Å². The molecule has 2 N–H and O–H groups in total. The Morgan fingerprint density at radius 1 is 1.06 bits per heavy atom. The van der Waals surface area contributed by atoms with Gasteiger partial charge in [-0.05, 0) is 65.3 Å². The number of phenols is 1. The molecule has 4 rings (SSSR count). The lowest BCUT2D eigenvalue weighted by Crippen LogP contribution is -2.18. The summed E-state index contributed by atoms with van der Waals surface area (Å²) in [5.41, 5.74) is 4.10. The van der Waals surface area contributed by atoms with E-state index in [1.54, 1.807) is 6.92 Å². The van der Waals surface area contributed by atoms with Crippen molar-refractivity contribution in [3.8, 4) is 22.6 Å². The summed E-state index contributed by atoms with van der Waals surface area (Å²) in [6.07, 6.45) is 1.57. The summed E-state index contributed by atoms with van der Waals surface area (Å²) in [6, 6.07) is 17.5. The molecule has 1 heterocycles. The van der Waals surface area contributed by atoms with Crippen LogP contribution in [0.25, 0.3) is 11.1 Å². The zero-order valence-corrected chi connectivity index (χ0v) is 17.5. The number of aryl methyl sites for hydroxylation is 1. The third-order valence-corrected chi connectivity index (χ3v) is 6.25. The molecule has 4 nitrogen and oxygen atoms in total. The lowest BCUT2D eigenvalue weighted by Gasteiger charge is -2.28. The van der Waals surface area contributed by atoms with Crippen LogP contribution >= 0.6 is 0 Å². The molecule has 160 valence electrons. The number of phenolic OH excluding ortho intramolecular Hbond substituents is 1. The van der Waals surface area contributed by atoms with Crippen LogP contribution in [0.4, 0.5) is 4.39 Å². The minimum Gasteiger partial charge on any atom is -0.508 e. The summed E-state index contributed by atoms with van der Waals surface area (Å²) in [5.74, 6) is -0.986. The molecule has 0 saturated carbocycles. The second kappa shape index (κ2) is 8.42. The summed E-state index contributed by atoms with van der Waals surface area (Å²) in [4.78, 5) is 11.3. The number of carboxylic acid groups (broad SMARTS) is 1.